The quantitative estimate of drug-likeness (QED) is 0.516. The molecule has 6 nitrogen and oxygen atoms in total. The summed E-state index contributed by atoms with van der Waals surface area (Å²) in [5, 5.41) is 48.9. The Labute approximate surface area is 126 Å². The van der Waals surface area contributed by atoms with Gasteiger partial charge in [-0.2, -0.15) is 0 Å². The van der Waals surface area contributed by atoms with Crippen molar-refractivity contribution in [1.29, 1.82) is 0 Å². The minimum Gasteiger partial charge on any atom is -0.508 e. The normalized spacial score (nSPS) is 23.6. The van der Waals surface area contributed by atoms with E-state index in [1.165, 1.54) is 30.3 Å². The molecule has 0 fully saturated rings. The van der Waals surface area contributed by atoms with Gasteiger partial charge in [0.2, 0.25) is 0 Å². The van der Waals surface area contributed by atoms with Crippen LogP contribution in [0.3, 0.4) is 0 Å². The van der Waals surface area contributed by atoms with Gasteiger partial charge in [0.25, 0.3) is 0 Å². The molecule has 0 bridgehead atoms. The number of aliphatic hydroxyl groups is 1. The molecule has 1 heterocycles. The van der Waals surface area contributed by atoms with Gasteiger partial charge >= 0.3 is 0 Å². The largest absolute Gasteiger partial charge is 0.508 e. The molecule has 2 unspecified atom stereocenters. The number of aliphatic hydroxyl groups excluding tert-OH is 1. The highest BCUT2D eigenvalue weighted by Gasteiger charge is 2.37. The molecular formula is C16H16O6. The van der Waals surface area contributed by atoms with E-state index in [1.807, 2.05) is 0 Å². The summed E-state index contributed by atoms with van der Waals surface area (Å²) in [6, 6.07) is 6.70. The maximum Gasteiger partial charge on any atom is 0.157 e. The highest BCUT2D eigenvalue weighted by Crippen LogP contribution is 2.48. The van der Waals surface area contributed by atoms with Gasteiger partial charge < -0.3 is 30.3 Å². The Kier molecular flexibility index (Phi) is 3.26. The summed E-state index contributed by atoms with van der Waals surface area (Å²) in [6.45, 7) is 1.73. The summed E-state index contributed by atoms with van der Waals surface area (Å²) in [6.07, 6.45) is -1.76. The van der Waals surface area contributed by atoms with E-state index in [0.29, 0.717) is 11.1 Å². The number of phenols is 4. The van der Waals surface area contributed by atoms with E-state index >= 15 is 0 Å². The van der Waals surface area contributed by atoms with Crippen molar-refractivity contribution < 1.29 is 30.3 Å². The second kappa shape index (κ2) is 4.99. The third kappa shape index (κ3) is 2.17. The zero-order valence-electron chi connectivity index (χ0n) is 11.8. The summed E-state index contributed by atoms with van der Waals surface area (Å²) in [4.78, 5) is 0. The van der Waals surface area contributed by atoms with Gasteiger partial charge in [0.15, 0.2) is 17.6 Å². The Morgan fingerprint density at radius 3 is 2.32 bits per heavy atom. The first-order valence-electron chi connectivity index (χ1n) is 6.81. The van der Waals surface area contributed by atoms with Crippen LogP contribution < -0.4 is 4.74 Å². The van der Waals surface area contributed by atoms with Crippen LogP contribution >= 0.6 is 0 Å². The fraction of sp³-hybridized carbons (Fsp3) is 0.250. The van der Waals surface area contributed by atoms with Gasteiger partial charge in [-0.05, 0) is 17.7 Å². The molecule has 0 saturated heterocycles. The zero-order chi connectivity index (χ0) is 16.0. The lowest BCUT2D eigenvalue weighted by atomic mass is 9.85. The lowest BCUT2D eigenvalue weighted by Gasteiger charge is -2.35. The summed E-state index contributed by atoms with van der Waals surface area (Å²) >= 11 is 0. The number of aromatic hydroxyl groups is 4. The van der Waals surface area contributed by atoms with Crippen LogP contribution in [0.1, 0.15) is 30.1 Å². The first-order valence-corrected chi connectivity index (χ1v) is 6.81. The van der Waals surface area contributed by atoms with E-state index in [1.54, 1.807) is 6.92 Å². The van der Waals surface area contributed by atoms with Gasteiger partial charge in [0, 0.05) is 23.6 Å². The van der Waals surface area contributed by atoms with E-state index in [4.69, 9.17) is 4.74 Å². The molecule has 1 aliphatic rings. The SMILES string of the molecule is CC1c2c(O)cc(O)cc2OC(c2ccc(O)c(O)c2)[C@@H]1O. The maximum absolute atomic E-state index is 10.4. The van der Waals surface area contributed by atoms with Crippen molar-refractivity contribution in [2.24, 2.45) is 0 Å². The van der Waals surface area contributed by atoms with Crippen LogP contribution in [0.2, 0.25) is 0 Å². The van der Waals surface area contributed by atoms with Crippen LogP contribution in [0.5, 0.6) is 28.7 Å². The van der Waals surface area contributed by atoms with Crippen molar-refractivity contribution in [3.63, 3.8) is 0 Å². The van der Waals surface area contributed by atoms with Crippen molar-refractivity contribution in [3.05, 3.63) is 41.5 Å². The molecule has 0 radical (unpaired) electrons. The molecule has 0 aromatic heterocycles. The third-order valence-corrected chi connectivity index (χ3v) is 3.96. The fourth-order valence-electron chi connectivity index (χ4n) is 2.78. The molecule has 0 aliphatic carbocycles. The molecule has 0 amide bonds. The standard InChI is InChI=1S/C16H16O6/c1-7-14-12(20)5-9(17)6-13(14)22-16(15(7)21)8-2-3-10(18)11(19)4-8/h2-7,15-21H,1H3/t7?,15-,16?/m1/s1. The molecule has 2 aromatic carbocycles. The number of phenolic OH excluding ortho intramolecular Hbond substituents is 4. The minimum atomic E-state index is -0.966. The Bertz CT molecular complexity index is 727. The molecule has 0 saturated carbocycles. The highest BCUT2D eigenvalue weighted by molar-refractivity contribution is 5.53. The van der Waals surface area contributed by atoms with Crippen molar-refractivity contribution in [1.82, 2.24) is 0 Å². The van der Waals surface area contributed by atoms with Crippen LogP contribution in [0.4, 0.5) is 0 Å². The second-order valence-corrected chi connectivity index (χ2v) is 5.44. The predicted molar refractivity (Wildman–Crippen MR) is 77.3 cm³/mol. The van der Waals surface area contributed by atoms with Crippen molar-refractivity contribution in [3.8, 4) is 28.7 Å². The summed E-state index contributed by atoms with van der Waals surface area (Å²) in [7, 11) is 0. The number of benzene rings is 2. The molecular weight excluding hydrogens is 288 g/mol. The first-order chi connectivity index (χ1) is 10.4. The molecule has 2 aromatic rings. The minimum absolute atomic E-state index is 0.145. The van der Waals surface area contributed by atoms with Crippen LogP contribution in [-0.4, -0.2) is 31.6 Å². The first kappa shape index (κ1) is 14.3. The van der Waals surface area contributed by atoms with Crippen molar-refractivity contribution >= 4 is 0 Å². The predicted octanol–water partition coefficient (Wildman–Crippen LogP) is 2.11. The van der Waals surface area contributed by atoms with Gasteiger partial charge in [-0.25, -0.2) is 0 Å². The van der Waals surface area contributed by atoms with Crippen molar-refractivity contribution in [2.45, 2.75) is 25.0 Å². The molecule has 5 N–H and O–H groups in total. The van der Waals surface area contributed by atoms with Crippen LogP contribution in [0, 0.1) is 0 Å². The van der Waals surface area contributed by atoms with E-state index < -0.39 is 18.1 Å². The van der Waals surface area contributed by atoms with Gasteiger partial charge in [-0.1, -0.05) is 13.0 Å². The molecule has 6 heteroatoms. The van der Waals surface area contributed by atoms with Crippen LogP contribution in [0.25, 0.3) is 0 Å². The molecule has 0 spiro atoms. The molecule has 1 aliphatic heterocycles. The highest BCUT2D eigenvalue weighted by atomic mass is 16.5. The van der Waals surface area contributed by atoms with E-state index in [-0.39, 0.29) is 28.7 Å². The summed E-state index contributed by atoms with van der Waals surface area (Å²) in [5.74, 6) is -1.04. The van der Waals surface area contributed by atoms with E-state index in [9.17, 15) is 25.5 Å². The number of hydrogen-bond acceptors (Lipinski definition) is 6. The molecule has 22 heavy (non-hydrogen) atoms. The summed E-state index contributed by atoms with van der Waals surface area (Å²) < 4.78 is 5.69. The van der Waals surface area contributed by atoms with E-state index in [2.05, 4.69) is 0 Å². The molecule has 3 atom stereocenters. The lowest BCUT2D eigenvalue weighted by Crippen LogP contribution is -2.33. The average Bonchev–Trinajstić information content (AvgIpc) is 2.45. The number of fused-ring (bicyclic) bond motifs is 1. The lowest BCUT2D eigenvalue weighted by molar-refractivity contribution is 0.00264. The summed E-state index contributed by atoms with van der Waals surface area (Å²) in [5.41, 5.74) is 0.896. The van der Waals surface area contributed by atoms with Gasteiger partial charge in [0.1, 0.15) is 23.4 Å². The molecule has 116 valence electrons. The Balaban J connectivity index is 2.06. The van der Waals surface area contributed by atoms with Crippen LogP contribution in [0.15, 0.2) is 30.3 Å². The number of rotatable bonds is 1. The number of hydrogen-bond donors (Lipinski definition) is 5. The monoisotopic (exact) mass is 304 g/mol. The fourth-order valence-corrected chi connectivity index (χ4v) is 2.78. The van der Waals surface area contributed by atoms with Crippen LogP contribution in [-0.2, 0) is 0 Å². The van der Waals surface area contributed by atoms with Crippen molar-refractivity contribution in [2.75, 3.05) is 0 Å². The smallest absolute Gasteiger partial charge is 0.157 e. The zero-order valence-corrected chi connectivity index (χ0v) is 11.8. The van der Waals surface area contributed by atoms with Gasteiger partial charge in [-0.15, -0.1) is 0 Å². The Morgan fingerprint density at radius 2 is 1.64 bits per heavy atom. The van der Waals surface area contributed by atoms with E-state index in [0.717, 1.165) is 0 Å². The maximum atomic E-state index is 10.4. The second-order valence-electron chi connectivity index (χ2n) is 5.44. The third-order valence-electron chi connectivity index (χ3n) is 3.96. The Hall–Kier alpha value is -2.60. The number of ether oxygens (including phenoxy) is 1. The Morgan fingerprint density at radius 1 is 0.909 bits per heavy atom. The average molecular weight is 304 g/mol. The topological polar surface area (TPSA) is 110 Å². The van der Waals surface area contributed by atoms with Gasteiger partial charge in [-0.3, -0.25) is 0 Å². The van der Waals surface area contributed by atoms with Gasteiger partial charge in [0.05, 0.1) is 0 Å². The molecule has 3 rings (SSSR count).